The van der Waals surface area contributed by atoms with Gasteiger partial charge in [0.25, 0.3) is 5.91 Å². The Morgan fingerprint density at radius 2 is 2.22 bits per heavy atom. The first-order chi connectivity index (χ1) is 7.86. The molecule has 0 aliphatic rings. The summed E-state index contributed by atoms with van der Waals surface area (Å²) in [6.07, 6.45) is 0.885. The zero-order chi connectivity index (χ0) is 13.1. The van der Waals surface area contributed by atoms with Crippen LogP contribution in [0, 0.1) is 8.80 Å². The highest BCUT2D eigenvalue weighted by Gasteiger charge is 2.26. The van der Waals surface area contributed by atoms with Crippen LogP contribution in [-0.4, -0.2) is 18.0 Å². The molecule has 3 nitrogen and oxygen atoms in total. The zero-order valence-corrected chi connectivity index (χ0v) is 14.6. The smallest absolute Gasteiger partial charge is 0.252 e. The Morgan fingerprint density at radius 1 is 1.61 bits per heavy atom. The van der Waals surface area contributed by atoms with Gasteiger partial charge in [-0.15, -0.1) is 23.7 Å². The second kappa shape index (κ2) is 7.67. The lowest BCUT2D eigenvalue weighted by Crippen LogP contribution is -2.52. The van der Waals surface area contributed by atoms with Crippen molar-refractivity contribution in [2.24, 2.45) is 11.7 Å². The third-order valence-electron chi connectivity index (χ3n) is 2.55. The molecule has 1 aromatic heterocycles. The molecule has 0 saturated carbocycles. The van der Waals surface area contributed by atoms with E-state index in [2.05, 4.69) is 41.8 Å². The van der Waals surface area contributed by atoms with Crippen molar-refractivity contribution >= 4 is 52.2 Å². The van der Waals surface area contributed by atoms with Crippen LogP contribution in [-0.2, 0) is 0 Å². The van der Waals surface area contributed by atoms with Gasteiger partial charge in [0.1, 0.15) is 0 Å². The highest BCUT2D eigenvalue weighted by atomic mass is 127. The predicted molar refractivity (Wildman–Crippen MR) is 88.7 cm³/mol. The maximum absolute atomic E-state index is 12.1. The Morgan fingerprint density at radius 3 is 2.61 bits per heavy atom. The van der Waals surface area contributed by atoms with Crippen LogP contribution in [0.2, 0.25) is 0 Å². The molecule has 1 unspecified atom stereocenters. The summed E-state index contributed by atoms with van der Waals surface area (Å²) in [6.45, 7) is 6.72. The Kier molecular flexibility index (Phi) is 7.73. The second-order valence-electron chi connectivity index (χ2n) is 4.96. The summed E-state index contributed by atoms with van der Waals surface area (Å²) in [4.78, 5) is 12.1. The van der Waals surface area contributed by atoms with E-state index in [1.54, 1.807) is 11.3 Å². The zero-order valence-electron chi connectivity index (χ0n) is 10.8. The maximum atomic E-state index is 12.1. The number of carbonyl (C=O) groups is 1. The van der Waals surface area contributed by atoms with E-state index in [4.69, 9.17) is 5.73 Å². The Labute approximate surface area is 132 Å². The highest BCUT2D eigenvalue weighted by Crippen LogP contribution is 2.19. The Bertz CT molecular complexity index is 397. The van der Waals surface area contributed by atoms with Gasteiger partial charge in [-0.2, -0.15) is 0 Å². The summed E-state index contributed by atoms with van der Waals surface area (Å²) in [5, 5.41) is 4.92. The third kappa shape index (κ3) is 5.42. The SMILES string of the molecule is CC(C)CC(C)(CN)NC(=O)c1csc(I)c1.Cl. The normalized spacial score (nSPS) is 13.9. The number of hydrogen-bond acceptors (Lipinski definition) is 3. The average Bonchev–Trinajstić information content (AvgIpc) is 2.63. The van der Waals surface area contributed by atoms with Crippen molar-refractivity contribution in [1.29, 1.82) is 0 Å². The number of carbonyl (C=O) groups excluding carboxylic acids is 1. The molecule has 104 valence electrons. The summed E-state index contributed by atoms with van der Waals surface area (Å²) < 4.78 is 1.12. The second-order valence-corrected chi connectivity index (χ2v) is 7.76. The molecule has 0 radical (unpaired) electrons. The van der Waals surface area contributed by atoms with Gasteiger partial charge in [-0.05, 0) is 47.9 Å². The van der Waals surface area contributed by atoms with Gasteiger partial charge in [0.2, 0.25) is 0 Å². The molecule has 1 rings (SSSR count). The number of halogens is 2. The van der Waals surface area contributed by atoms with E-state index in [1.807, 2.05) is 18.4 Å². The summed E-state index contributed by atoms with van der Waals surface area (Å²) in [6, 6.07) is 1.90. The van der Waals surface area contributed by atoms with Crippen molar-refractivity contribution < 1.29 is 4.79 Å². The lowest BCUT2D eigenvalue weighted by molar-refractivity contribution is 0.0898. The van der Waals surface area contributed by atoms with E-state index in [0.717, 1.165) is 14.9 Å². The third-order valence-corrected chi connectivity index (χ3v) is 4.34. The first-order valence-electron chi connectivity index (χ1n) is 5.63. The summed E-state index contributed by atoms with van der Waals surface area (Å²) >= 11 is 3.79. The first-order valence-corrected chi connectivity index (χ1v) is 7.59. The van der Waals surface area contributed by atoms with Crippen molar-refractivity contribution in [2.75, 3.05) is 6.54 Å². The predicted octanol–water partition coefficient (Wildman–Crippen LogP) is 3.27. The maximum Gasteiger partial charge on any atom is 0.252 e. The van der Waals surface area contributed by atoms with E-state index < -0.39 is 0 Å². The van der Waals surface area contributed by atoms with Crippen LogP contribution in [0.1, 0.15) is 37.6 Å². The van der Waals surface area contributed by atoms with E-state index in [1.165, 1.54) is 0 Å². The van der Waals surface area contributed by atoms with Gasteiger partial charge in [0.05, 0.1) is 8.45 Å². The topological polar surface area (TPSA) is 55.1 Å². The molecule has 18 heavy (non-hydrogen) atoms. The monoisotopic (exact) mass is 402 g/mol. The lowest BCUT2D eigenvalue weighted by Gasteiger charge is -2.31. The minimum Gasteiger partial charge on any atom is -0.346 e. The molecule has 1 aromatic rings. The van der Waals surface area contributed by atoms with Gasteiger partial charge in [0, 0.05) is 17.5 Å². The largest absolute Gasteiger partial charge is 0.346 e. The minimum absolute atomic E-state index is 0. The van der Waals surface area contributed by atoms with Crippen molar-refractivity contribution in [2.45, 2.75) is 32.7 Å². The van der Waals surface area contributed by atoms with Crippen molar-refractivity contribution in [1.82, 2.24) is 5.32 Å². The van der Waals surface area contributed by atoms with Gasteiger partial charge in [-0.25, -0.2) is 0 Å². The Balaban J connectivity index is 0.00000289. The minimum atomic E-state index is -0.321. The Hall–Kier alpha value is 0.150. The van der Waals surface area contributed by atoms with Crippen LogP contribution in [0.3, 0.4) is 0 Å². The molecule has 1 heterocycles. The van der Waals surface area contributed by atoms with Crippen LogP contribution in [0.25, 0.3) is 0 Å². The molecule has 6 heteroatoms. The van der Waals surface area contributed by atoms with Gasteiger partial charge in [-0.1, -0.05) is 13.8 Å². The molecule has 1 amide bonds. The molecule has 0 fully saturated rings. The standard InChI is InChI=1S/C12H19IN2OS.ClH/c1-8(2)5-12(3,7-14)15-11(16)9-4-10(13)17-6-9;/h4,6,8H,5,7,14H2,1-3H3,(H,15,16);1H. The molecule has 1 atom stereocenters. The van der Waals surface area contributed by atoms with Gasteiger partial charge in [-0.3, -0.25) is 4.79 Å². The molecule has 0 saturated heterocycles. The number of nitrogens with two attached hydrogens (primary N) is 1. The fourth-order valence-electron chi connectivity index (χ4n) is 1.86. The number of thiophene rings is 1. The number of rotatable bonds is 5. The van der Waals surface area contributed by atoms with Gasteiger partial charge < -0.3 is 11.1 Å². The highest BCUT2D eigenvalue weighted by molar-refractivity contribution is 14.1. The fourth-order valence-corrected chi connectivity index (χ4v) is 3.19. The molecule has 3 N–H and O–H groups in total. The van der Waals surface area contributed by atoms with Crippen molar-refractivity contribution in [3.63, 3.8) is 0 Å². The summed E-state index contributed by atoms with van der Waals surface area (Å²) in [5.41, 5.74) is 6.18. The molecule has 0 aliphatic heterocycles. The van der Waals surface area contributed by atoms with Gasteiger partial charge >= 0.3 is 0 Å². The van der Waals surface area contributed by atoms with E-state index >= 15 is 0 Å². The van der Waals surface area contributed by atoms with Crippen LogP contribution >= 0.6 is 46.3 Å². The molecule has 0 aliphatic carbocycles. The van der Waals surface area contributed by atoms with Crippen LogP contribution in [0.5, 0.6) is 0 Å². The fraction of sp³-hybridized carbons (Fsp3) is 0.583. The molecule has 0 spiro atoms. The van der Waals surface area contributed by atoms with Crippen molar-refractivity contribution in [3.05, 3.63) is 19.9 Å². The van der Waals surface area contributed by atoms with E-state index in [0.29, 0.717) is 12.5 Å². The number of amides is 1. The molecular formula is C12H20ClIN2OS. The summed E-state index contributed by atoms with van der Waals surface area (Å²) in [7, 11) is 0. The first kappa shape index (κ1) is 18.1. The van der Waals surface area contributed by atoms with Crippen LogP contribution in [0.4, 0.5) is 0 Å². The average molecular weight is 403 g/mol. The number of nitrogens with one attached hydrogen (secondary N) is 1. The summed E-state index contributed by atoms with van der Waals surface area (Å²) in [5.74, 6) is 0.476. The quantitative estimate of drug-likeness (QED) is 0.743. The molecule has 0 aromatic carbocycles. The number of hydrogen-bond donors (Lipinski definition) is 2. The molecular weight excluding hydrogens is 383 g/mol. The van der Waals surface area contributed by atoms with Crippen LogP contribution < -0.4 is 11.1 Å². The van der Waals surface area contributed by atoms with E-state index in [9.17, 15) is 4.79 Å². The van der Waals surface area contributed by atoms with Gasteiger partial charge in [0.15, 0.2) is 0 Å². The van der Waals surface area contributed by atoms with E-state index in [-0.39, 0.29) is 23.9 Å². The molecule has 0 bridgehead atoms. The lowest BCUT2D eigenvalue weighted by atomic mass is 9.90. The van der Waals surface area contributed by atoms with Crippen LogP contribution in [0.15, 0.2) is 11.4 Å². The van der Waals surface area contributed by atoms with Crippen molar-refractivity contribution in [3.8, 4) is 0 Å².